The lowest BCUT2D eigenvalue weighted by Gasteiger charge is -2.34. The van der Waals surface area contributed by atoms with Gasteiger partial charge in [0.2, 0.25) is 0 Å². The summed E-state index contributed by atoms with van der Waals surface area (Å²) >= 11 is 0. The molecule has 0 saturated carbocycles. The lowest BCUT2D eigenvalue weighted by Crippen LogP contribution is -2.25. The summed E-state index contributed by atoms with van der Waals surface area (Å²) in [5.74, 6) is 1.81. The average Bonchev–Trinajstić information content (AvgIpc) is 3.02. The predicted octanol–water partition coefficient (Wildman–Crippen LogP) is 13.2. The maximum atomic E-state index is 14.9. The van der Waals surface area contributed by atoms with Gasteiger partial charge in [-0.1, -0.05) is 81.4 Å². The van der Waals surface area contributed by atoms with Crippen LogP contribution < -0.4 is 18.9 Å². The third-order valence-electron chi connectivity index (χ3n) is 9.73. The summed E-state index contributed by atoms with van der Waals surface area (Å²) in [6, 6.07) is 17.8. The van der Waals surface area contributed by atoms with Crippen LogP contribution in [0.5, 0.6) is 23.0 Å². The summed E-state index contributed by atoms with van der Waals surface area (Å²) in [7, 11) is 3.29. The highest BCUT2D eigenvalue weighted by molar-refractivity contribution is 5.79. The zero-order valence-electron chi connectivity index (χ0n) is 34.7. The Balaban J connectivity index is 1.59. The molecular formula is C47H62F2O4. The van der Waals surface area contributed by atoms with Crippen molar-refractivity contribution in [3.05, 3.63) is 94.6 Å². The molecule has 0 radical (unpaired) electrons. The molecule has 0 bridgehead atoms. The number of rotatable bonds is 14. The molecule has 0 aliphatic carbocycles. The van der Waals surface area contributed by atoms with Crippen molar-refractivity contribution >= 4 is 0 Å². The molecule has 0 aliphatic heterocycles. The first-order valence-electron chi connectivity index (χ1n) is 18.8. The Labute approximate surface area is 318 Å². The summed E-state index contributed by atoms with van der Waals surface area (Å²) in [5.41, 5.74) is 7.15. The van der Waals surface area contributed by atoms with Gasteiger partial charge in [0.1, 0.15) is 34.6 Å². The van der Waals surface area contributed by atoms with Crippen molar-refractivity contribution in [3.8, 4) is 45.3 Å². The van der Waals surface area contributed by atoms with Gasteiger partial charge in [-0.25, -0.2) is 8.78 Å². The van der Waals surface area contributed by atoms with E-state index in [2.05, 4.69) is 93.5 Å². The molecule has 0 N–H and O–H groups in total. The van der Waals surface area contributed by atoms with Crippen LogP contribution in [0.15, 0.2) is 60.7 Å². The fourth-order valence-corrected chi connectivity index (χ4v) is 8.23. The maximum absolute atomic E-state index is 14.9. The van der Waals surface area contributed by atoms with Gasteiger partial charge in [0.25, 0.3) is 0 Å². The molecule has 0 aliphatic rings. The second kappa shape index (κ2) is 16.1. The fraction of sp³-hybridized carbons (Fsp3) is 0.489. The van der Waals surface area contributed by atoms with Gasteiger partial charge in [0.15, 0.2) is 0 Å². The summed E-state index contributed by atoms with van der Waals surface area (Å²) in [6.07, 6.45) is 2.48. The average molecular weight is 729 g/mol. The molecular weight excluding hydrogens is 667 g/mol. The van der Waals surface area contributed by atoms with Gasteiger partial charge in [-0.05, 0) is 119 Å². The van der Waals surface area contributed by atoms with E-state index < -0.39 is 0 Å². The van der Waals surface area contributed by atoms with Crippen LogP contribution in [-0.4, -0.2) is 27.4 Å². The zero-order valence-corrected chi connectivity index (χ0v) is 34.7. The molecule has 4 nitrogen and oxygen atoms in total. The summed E-state index contributed by atoms with van der Waals surface area (Å²) in [6.45, 7) is 27.2. The van der Waals surface area contributed by atoms with Crippen LogP contribution in [0, 0.1) is 36.3 Å². The highest BCUT2D eigenvalue weighted by atomic mass is 19.1. The van der Waals surface area contributed by atoms with Gasteiger partial charge in [-0.2, -0.15) is 0 Å². The highest BCUT2D eigenvalue weighted by Gasteiger charge is 2.31. The van der Waals surface area contributed by atoms with E-state index in [9.17, 15) is 8.78 Å². The van der Waals surface area contributed by atoms with Crippen molar-refractivity contribution in [3.63, 3.8) is 0 Å². The number of aryl methyl sites for hydroxylation is 2. The molecule has 53 heavy (non-hydrogen) atoms. The minimum absolute atomic E-state index is 0.123. The van der Waals surface area contributed by atoms with Crippen molar-refractivity contribution in [2.24, 2.45) is 10.8 Å². The van der Waals surface area contributed by atoms with Crippen LogP contribution >= 0.6 is 0 Å². The van der Waals surface area contributed by atoms with Crippen molar-refractivity contribution in [1.82, 2.24) is 0 Å². The Hall–Kier alpha value is -4.06. The van der Waals surface area contributed by atoms with E-state index in [1.54, 1.807) is 26.4 Å². The fourth-order valence-electron chi connectivity index (χ4n) is 8.23. The van der Waals surface area contributed by atoms with E-state index in [1.807, 2.05) is 13.8 Å². The van der Waals surface area contributed by atoms with Gasteiger partial charge in [-0.15, -0.1) is 0 Å². The SMILES string of the molecule is COc1c(C)cc(C(C)(C)CC(C)(C)C)cc1-c1cc(F)ccc1OCCCOc1ccc(F)cc1-c1cc(C(C)(C)CC(C)(C)C)cc(C)c1OC. The first kappa shape index (κ1) is 41.7. The summed E-state index contributed by atoms with van der Waals surface area (Å²) < 4.78 is 54.1. The Kier molecular flexibility index (Phi) is 12.7. The first-order valence-corrected chi connectivity index (χ1v) is 18.8. The van der Waals surface area contributed by atoms with Gasteiger partial charge >= 0.3 is 0 Å². The van der Waals surface area contributed by atoms with Gasteiger partial charge in [0, 0.05) is 28.7 Å². The van der Waals surface area contributed by atoms with Crippen LogP contribution in [0.4, 0.5) is 8.78 Å². The largest absolute Gasteiger partial charge is 0.496 e. The zero-order chi connectivity index (χ0) is 39.5. The smallest absolute Gasteiger partial charge is 0.129 e. The standard InChI is InChI=1S/C47H62F2O4/c1-30-22-32(46(9,10)28-44(3,4)5)24-38(42(30)50-13)36-26-34(48)16-18-40(36)52-20-15-21-53-41-19-17-35(49)27-37(41)39-25-33(23-31(2)43(39)51-14)47(11,12)29-45(6,7)8/h16-19,22-27H,15,20-21,28-29H2,1-14H3. The molecule has 0 atom stereocenters. The summed E-state index contributed by atoms with van der Waals surface area (Å²) in [4.78, 5) is 0. The van der Waals surface area contributed by atoms with E-state index in [0.717, 1.165) is 46.2 Å². The van der Waals surface area contributed by atoms with E-state index in [-0.39, 0.29) is 33.3 Å². The van der Waals surface area contributed by atoms with Crippen molar-refractivity contribution < 1.29 is 27.7 Å². The molecule has 4 rings (SSSR count). The van der Waals surface area contributed by atoms with Crippen LogP contribution in [0.25, 0.3) is 22.3 Å². The Morgan fingerprint density at radius 1 is 0.491 bits per heavy atom. The number of benzene rings is 4. The van der Waals surface area contributed by atoms with Crippen molar-refractivity contribution in [2.45, 2.75) is 113 Å². The normalized spacial score (nSPS) is 12.5. The maximum Gasteiger partial charge on any atom is 0.129 e. The molecule has 0 heterocycles. The number of methoxy groups -OCH3 is 2. The quantitative estimate of drug-likeness (QED) is 0.121. The lowest BCUT2D eigenvalue weighted by atomic mass is 9.71. The number of ether oxygens (including phenoxy) is 4. The van der Waals surface area contributed by atoms with Crippen LogP contribution in [0.2, 0.25) is 0 Å². The van der Waals surface area contributed by atoms with E-state index in [0.29, 0.717) is 53.8 Å². The molecule has 4 aromatic carbocycles. The van der Waals surface area contributed by atoms with Gasteiger partial charge in [0.05, 0.1) is 27.4 Å². The molecule has 0 fully saturated rings. The lowest BCUT2D eigenvalue weighted by molar-refractivity contribution is 0.248. The molecule has 0 amide bonds. The molecule has 0 aromatic heterocycles. The number of hydrogen-bond acceptors (Lipinski definition) is 4. The van der Waals surface area contributed by atoms with Crippen LogP contribution in [0.1, 0.15) is 111 Å². The highest BCUT2D eigenvalue weighted by Crippen LogP contribution is 2.46. The van der Waals surface area contributed by atoms with E-state index in [4.69, 9.17) is 18.9 Å². The van der Waals surface area contributed by atoms with E-state index in [1.165, 1.54) is 24.3 Å². The predicted molar refractivity (Wildman–Crippen MR) is 216 cm³/mol. The second-order valence-corrected chi connectivity index (χ2v) is 18.3. The Bertz CT molecular complexity index is 1760. The molecule has 0 spiro atoms. The van der Waals surface area contributed by atoms with E-state index >= 15 is 0 Å². The number of halogens is 2. The van der Waals surface area contributed by atoms with Crippen LogP contribution in [0.3, 0.4) is 0 Å². The Morgan fingerprint density at radius 3 is 1.17 bits per heavy atom. The van der Waals surface area contributed by atoms with Crippen molar-refractivity contribution in [2.75, 3.05) is 27.4 Å². The van der Waals surface area contributed by atoms with Gasteiger partial charge in [-0.3, -0.25) is 0 Å². The molecule has 288 valence electrons. The molecule has 4 aromatic rings. The molecule has 6 heteroatoms. The second-order valence-electron chi connectivity index (χ2n) is 18.3. The molecule has 0 unspecified atom stereocenters. The Morgan fingerprint density at radius 2 is 0.849 bits per heavy atom. The first-order chi connectivity index (χ1) is 24.5. The minimum atomic E-state index is -0.352. The number of hydrogen-bond donors (Lipinski definition) is 0. The van der Waals surface area contributed by atoms with Crippen LogP contribution in [-0.2, 0) is 10.8 Å². The third-order valence-corrected chi connectivity index (χ3v) is 9.73. The monoisotopic (exact) mass is 728 g/mol. The topological polar surface area (TPSA) is 36.9 Å². The molecule has 0 saturated heterocycles. The third kappa shape index (κ3) is 10.5. The minimum Gasteiger partial charge on any atom is -0.496 e. The van der Waals surface area contributed by atoms with Gasteiger partial charge < -0.3 is 18.9 Å². The summed E-state index contributed by atoms with van der Waals surface area (Å²) in [5, 5.41) is 0. The van der Waals surface area contributed by atoms with Crippen molar-refractivity contribution in [1.29, 1.82) is 0 Å².